The van der Waals surface area contributed by atoms with Gasteiger partial charge in [-0.1, -0.05) is 121 Å². The summed E-state index contributed by atoms with van der Waals surface area (Å²) in [6.07, 6.45) is 0. The van der Waals surface area contributed by atoms with E-state index in [2.05, 4.69) is 127 Å². The van der Waals surface area contributed by atoms with Crippen molar-refractivity contribution in [3.8, 4) is 44.5 Å². The highest BCUT2D eigenvalue weighted by molar-refractivity contribution is 5.97. The number of nitrogen functional groups attached to an aromatic ring is 1. The molecule has 0 aliphatic heterocycles. The smallest absolute Gasteiger partial charge is 0.0320 e. The van der Waals surface area contributed by atoms with Gasteiger partial charge in [0.05, 0.1) is 0 Å². The molecule has 6 aromatic carbocycles. The molecule has 6 rings (SSSR count). The zero-order valence-corrected chi connectivity index (χ0v) is 19.4. The molecule has 0 unspecified atom stereocenters. The van der Waals surface area contributed by atoms with Gasteiger partial charge in [-0.05, 0) is 73.5 Å². The monoisotopic (exact) mass is 447 g/mol. The van der Waals surface area contributed by atoms with E-state index < -0.39 is 0 Å². The van der Waals surface area contributed by atoms with E-state index in [-0.39, 0.29) is 0 Å². The van der Waals surface area contributed by atoms with Gasteiger partial charge in [0, 0.05) is 5.69 Å². The molecule has 2 N–H and O–H groups in total. The molecule has 0 bridgehead atoms. The molecular weight excluding hydrogens is 422 g/mol. The van der Waals surface area contributed by atoms with Gasteiger partial charge in [0.25, 0.3) is 0 Å². The van der Waals surface area contributed by atoms with Crippen molar-refractivity contribution in [2.45, 2.75) is 0 Å². The summed E-state index contributed by atoms with van der Waals surface area (Å²) >= 11 is 0. The molecule has 0 amide bonds. The number of benzene rings is 6. The van der Waals surface area contributed by atoms with Crippen LogP contribution in [0.1, 0.15) is 0 Å². The van der Waals surface area contributed by atoms with E-state index in [1.54, 1.807) is 0 Å². The third kappa shape index (κ3) is 4.09. The van der Waals surface area contributed by atoms with E-state index in [9.17, 15) is 0 Å². The van der Waals surface area contributed by atoms with Crippen molar-refractivity contribution >= 4 is 16.5 Å². The lowest BCUT2D eigenvalue weighted by molar-refractivity contribution is 1.56. The third-order valence-corrected chi connectivity index (χ3v) is 6.62. The average molecular weight is 448 g/mol. The Hall–Kier alpha value is -4.62. The number of hydrogen-bond donors (Lipinski definition) is 1. The minimum absolute atomic E-state index is 0.765. The first-order valence-electron chi connectivity index (χ1n) is 11.9. The van der Waals surface area contributed by atoms with Gasteiger partial charge >= 0.3 is 0 Å². The Morgan fingerprint density at radius 1 is 0.343 bits per heavy atom. The molecule has 166 valence electrons. The second kappa shape index (κ2) is 8.96. The third-order valence-electron chi connectivity index (χ3n) is 6.62. The van der Waals surface area contributed by atoms with E-state index in [1.165, 1.54) is 44.2 Å². The molecular formula is C34H25N. The number of fused-ring (bicyclic) bond motifs is 1. The second-order valence-corrected chi connectivity index (χ2v) is 8.86. The van der Waals surface area contributed by atoms with Crippen molar-refractivity contribution in [3.05, 3.63) is 140 Å². The number of nitrogens with two attached hydrogens (primary N) is 1. The highest BCUT2D eigenvalue weighted by atomic mass is 14.5. The van der Waals surface area contributed by atoms with Gasteiger partial charge in [-0.25, -0.2) is 0 Å². The molecule has 1 heteroatoms. The summed E-state index contributed by atoms with van der Waals surface area (Å²) in [6.45, 7) is 0. The highest BCUT2D eigenvalue weighted by Gasteiger charge is 2.11. The zero-order valence-electron chi connectivity index (χ0n) is 19.4. The van der Waals surface area contributed by atoms with E-state index in [1.807, 2.05) is 12.1 Å². The summed E-state index contributed by atoms with van der Waals surface area (Å²) in [5.41, 5.74) is 16.5. The maximum absolute atomic E-state index is 6.25. The first kappa shape index (κ1) is 20.9. The van der Waals surface area contributed by atoms with Crippen LogP contribution in [0.25, 0.3) is 55.3 Å². The lowest BCUT2D eigenvalue weighted by Crippen LogP contribution is -1.91. The van der Waals surface area contributed by atoms with E-state index in [0.29, 0.717) is 0 Å². The van der Waals surface area contributed by atoms with Crippen LogP contribution in [-0.2, 0) is 0 Å². The van der Waals surface area contributed by atoms with Crippen molar-refractivity contribution in [1.82, 2.24) is 0 Å². The summed E-state index contributed by atoms with van der Waals surface area (Å²) < 4.78 is 0. The van der Waals surface area contributed by atoms with Crippen molar-refractivity contribution in [3.63, 3.8) is 0 Å². The maximum Gasteiger partial charge on any atom is 0.0320 e. The van der Waals surface area contributed by atoms with Crippen LogP contribution >= 0.6 is 0 Å². The Morgan fingerprint density at radius 3 is 1.77 bits per heavy atom. The largest absolute Gasteiger partial charge is 0.399 e. The molecule has 0 spiro atoms. The van der Waals surface area contributed by atoms with Crippen LogP contribution in [0.2, 0.25) is 0 Å². The average Bonchev–Trinajstić information content (AvgIpc) is 2.93. The molecule has 35 heavy (non-hydrogen) atoms. The Balaban J connectivity index is 1.44. The van der Waals surface area contributed by atoms with Gasteiger partial charge in [0.2, 0.25) is 0 Å². The van der Waals surface area contributed by atoms with Crippen molar-refractivity contribution < 1.29 is 0 Å². The summed E-state index contributed by atoms with van der Waals surface area (Å²) in [5, 5.41) is 2.52. The van der Waals surface area contributed by atoms with E-state index in [4.69, 9.17) is 5.73 Å². The normalized spacial score (nSPS) is 11.0. The standard InChI is InChI=1S/C34H25N/c35-30-20-21-33(34(23-30)27-18-16-25(17-19-27)24-8-2-1-3-9-24)29-13-6-12-28(22-29)32-15-7-11-26-10-4-5-14-31(26)32/h1-23H,35H2. The van der Waals surface area contributed by atoms with Gasteiger partial charge in [-0.15, -0.1) is 0 Å². The van der Waals surface area contributed by atoms with Crippen LogP contribution in [0.5, 0.6) is 0 Å². The molecule has 0 saturated carbocycles. The lowest BCUT2D eigenvalue weighted by atomic mass is 9.90. The van der Waals surface area contributed by atoms with Gasteiger partial charge < -0.3 is 5.73 Å². The Labute approximate surface area is 206 Å². The second-order valence-electron chi connectivity index (χ2n) is 8.86. The molecule has 0 aliphatic rings. The summed E-state index contributed by atoms with van der Waals surface area (Å²) in [5.74, 6) is 0. The van der Waals surface area contributed by atoms with Crippen molar-refractivity contribution in [1.29, 1.82) is 0 Å². The van der Waals surface area contributed by atoms with Crippen molar-refractivity contribution in [2.24, 2.45) is 0 Å². The highest BCUT2D eigenvalue weighted by Crippen LogP contribution is 2.37. The number of rotatable bonds is 4. The molecule has 0 saturated heterocycles. The molecule has 6 aromatic rings. The first-order valence-corrected chi connectivity index (χ1v) is 11.9. The number of hydrogen-bond acceptors (Lipinski definition) is 1. The minimum Gasteiger partial charge on any atom is -0.399 e. The van der Waals surface area contributed by atoms with Gasteiger partial charge in [-0.2, -0.15) is 0 Å². The van der Waals surface area contributed by atoms with Gasteiger partial charge in [0.1, 0.15) is 0 Å². The minimum atomic E-state index is 0.765. The fraction of sp³-hybridized carbons (Fsp3) is 0. The van der Waals surface area contributed by atoms with Crippen LogP contribution in [0.15, 0.2) is 140 Å². The van der Waals surface area contributed by atoms with E-state index >= 15 is 0 Å². The Bertz CT molecular complexity index is 1620. The molecule has 0 heterocycles. The Kier molecular flexibility index (Phi) is 5.37. The molecule has 0 radical (unpaired) electrons. The van der Waals surface area contributed by atoms with Crippen molar-refractivity contribution in [2.75, 3.05) is 5.73 Å². The Morgan fingerprint density at radius 2 is 0.943 bits per heavy atom. The maximum atomic E-state index is 6.25. The predicted octanol–water partition coefficient (Wildman–Crippen LogP) is 9.09. The topological polar surface area (TPSA) is 26.0 Å². The van der Waals surface area contributed by atoms with Crippen LogP contribution in [0.3, 0.4) is 0 Å². The SMILES string of the molecule is Nc1ccc(-c2cccc(-c3cccc4ccccc34)c2)c(-c2ccc(-c3ccccc3)cc2)c1. The van der Waals surface area contributed by atoms with Crippen LogP contribution in [0.4, 0.5) is 5.69 Å². The zero-order chi connectivity index (χ0) is 23.6. The molecule has 0 atom stereocenters. The predicted molar refractivity (Wildman–Crippen MR) is 150 cm³/mol. The quantitative estimate of drug-likeness (QED) is 0.268. The van der Waals surface area contributed by atoms with Crippen LogP contribution in [0, 0.1) is 0 Å². The molecule has 0 aliphatic carbocycles. The van der Waals surface area contributed by atoms with E-state index in [0.717, 1.165) is 16.8 Å². The van der Waals surface area contributed by atoms with Crippen LogP contribution in [-0.4, -0.2) is 0 Å². The lowest BCUT2D eigenvalue weighted by Gasteiger charge is -2.14. The molecule has 1 nitrogen and oxygen atoms in total. The summed E-state index contributed by atoms with van der Waals surface area (Å²) in [4.78, 5) is 0. The molecule has 0 fully saturated rings. The molecule has 0 aromatic heterocycles. The fourth-order valence-electron chi connectivity index (χ4n) is 4.86. The first-order chi connectivity index (χ1) is 17.3. The van der Waals surface area contributed by atoms with Crippen LogP contribution < -0.4 is 5.73 Å². The summed E-state index contributed by atoms with van der Waals surface area (Å²) in [6, 6.07) is 49.3. The van der Waals surface area contributed by atoms with Gasteiger partial charge in [-0.3, -0.25) is 0 Å². The fourth-order valence-corrected chi connectivity index (χ4v) is 4.86. The number of anilines is 1. The van der Waals surface area contributed by atoms with Gasteiger partial charge in [0.15, 0.2) is 0 Å². The summed E-state index contributed by atoms with van der Waals surface area (Å²) in [7, 11) is 0.